The SMILES string of the molecule is Cc1cc(F)cc2c(=O)c3c([nH]c12)CCOC3. The molecule has 2 heterocycles. The molecule has 1 N–H and O–H groups in total. The second-order valence-electron chi connectivity index (χ2n) is 4.36. The highest BCUT2D eigenvalue weighted by atomic mass is 19.1. The van der Waals surface area contributed by atoms with Crippen molar-refractivity contribution in [2.45, 2.75) is 20.0 Å². The molecule has 0 unspecified atom stereocenters. The molecule has 4 heteroatoms. The average Bonchev–Trinajstić information content (AvgIpc) is 2.31. The van der Waals surface area contributed by atoms with Gasteiger partial charge >= 0.3 is 0 Å². The molecule has 88 valence electrons. The minimum Gasteiger partial charge on any atom is -0.376 e. The number of benzene rings is 1. The van der Waals surface area contributed by atoms with Crippen molar-refractivity contribution in [1.82, 2.24) is 4.98 Å². The molecule has 0 fully saturated rings. The summed E-state index contributed by atoms with van der Waals surface area (Å²) in [6.45, 7) is 2.73. The van der Waals surface area contributed by atoms with Crippen LogP contribution in [0.5, 0.6) is 0 Å². The van der Waals surface area contributed by atoms with E-state index in [-0.39, 0.29) is 11.2 Å². The Morgan fingerprint density at radius 1 is 1.41 bits per heavy atom. The fourth-order valence-corrected chi connectivity index (χ4v) is 2.33. The number of aromatic nitrogens is 1. The molecule has 3 nitrogen and oxygen atoms in total. The molecule has 0 aliphatic carbocycles. The Balaban J connectivity index is 2.44. The Hall–Kier alpha value is -1.68. The van der Waals surface area contributed by atoms with E-state index in [4.69, 9.17) is 4.74 Å². The van der Waals surface area contributed by atoms with Crippen LogP contribution >= 0.6 is 0 Å². The van der Waals surface area contributed by atoms with E-state index in [1.54, 1.807) is 6.92 Å². The van der Waals surface area contributed by atoms with Gasteiger partial charge in [-0.15, -0.1) is 0 Å². The van der Waals surface area contributed by atoms with Crippen molar-refractivity contribution in [3.63, 3.8) is 0 Å². The van der Waals surface area contributed by atoms with Crippen molar-refractivity contribution in [2.75, 3.05) is 6.61 Å². The Morgan fingerprint density at radius 2 is 2.24 bits per heavy atom. The van der Waals surface area contributed by atoms with E-state index in [9.17, 15) is 9.18 Å². The quantitative estimate of drug-likeness (QED) is 0.756. The summed E-state index contributed by atoms with van der Waals surface area (Å²) in [5, 5.41) is 0.409. The Kier molecular flexibility index (Phi) is 2.26. The van der Waals surface area contributed by atoms with Gasteiger partial charge in [-0.25, -0.2) is 4.39 Å². The maximum absolute atomic E-state index is 13.3. The van der Waals surface area contributed by atoms with Crippen LogP contribution in [-0.4, -0.2) is 11.6 Å². The topological polar surface area (TPSA) is 42.1 Å². The molecule has 0 bridgehead atoms. The monoisotopic (exact) mass is 233 g/mol. The van der Waals surface area contributed by atoms with E-state index >= 15 is 0 Å². The average molecular weight is 233 g/mol. The van der Waals surface area contributed by atoms with E-state index in [2.05, 4.69) is 4.98 Å². The molecule has 1 aliphatic heterocycles. The number of fused-ring (bicyclic) bond motifs is 2. The van der Waals surface area contributed by atoms with Gasteiger partial charge in [0.25, 0.3) is 0 Å². The molecule has 17 heavy (non-hydrogen) atoms. The summed E-state index contributed by atoms with van der Waals surface area (Å²) in [5.74, 6) is -0.378. The molecule has 0 spiro atoms. The summed E-state index contributed by atoms with van der Waals surface area (Å²) in [7, 11) is 0. The summed E-state index contributed by atoms with van der Waals surface area (Å²) in [4.78, 5) is 15.4. The van der Waals surface area contributed by atoms with Gasteiger partial charge in [0.15, 0.2) is 5.43 Å². The first-order chi connectivity index (χ1) is 8.16. The van der Waals surface area contributed by atoms with Crippen LogP contribution in [0.2, 0.25) is 0 Å². The number of halogens is 1. The number of H-pyrrole nitrogens is 1. The minimum atomic E-state index is -0.378. The van der Waals surface area contributed by atoms with Gasteiger partial charge in [-0.3, -0.25) is 4.79 Å². The van der Waals surface area contributed by atoms with E-state index in [0.29, 0.717) is 30.6 Å². The molecule has 1 aromatic carbocycles. The summed E-state index contributed by atoms with van der Waals surface area (Å²) in [5.41, 5.74) is 2.93. The second-order valence-corrected chi connectivity index (χ2v) is 4.36. The number of nitrogens with one attached hydrogen (secondary N) is 1. The van der Waals surface area contributed by atoms with Gasteiger partial charge in [0, 0.05) is 23.1 Å². The maximum atomic E-state index is 13.3. The van der Waals surface area contributed by atoms with Crippen LogP contribution in [0.15, 0.2) is 16.9 Å². The van der Waals surface area contributed by atoms with Crippen LogP contribution in [0.4, 0.5) is 4.39 Å². The van der Waals surface area contributed by atoms with Crippen LogP contribution in [-0.2, 0) is 17.8 Å². The van der Waals surface area contributed by atoms with Crippen LogP contribution < -0.4 is 5.43 Å². The standard InChI is InChI=1S/C13H12FNO2/c1-7-4-8(14)5-9-12(7)15-11-2-3-17-6-10(11)13(9)16/h4-5H,2-3,6H2,1H3,(H,15,16). The van der Waals surface area contributed by atoms with Gasteiger partial charge in [-0.05, 0) is 24.6 Å². The third kappa shape index (κ3) is 1.56. The smallest absolute Gasteiger partial charge is 0.195 e. The number of rotatable bonds is 0. The molecule has 0 radical (unpaired) electrons. The number of pyridine rings is 1. The highest BCUT2D eigenvalue weighted by molar-refractivity contribution is 5.82. The lowest BCUT2D eigenvalue weighted by Gasteiger charge is -2.17. The lowest BCUT2D eigenvalue weighted by atomic mass is 10.0. The van der Waals surface area contributed by atoms with E-state index < -0.39 is 0 Å². The summed E-state index contributed by atoms with van der Waals surface area (Å²) >= 11 is 0. The fourth-order valence-electron chi connectivity index (χ4n) is 2.33. The highest BCUT2D eigenvalue weighted by Gasteiger charge is 2.17. The first-order valence-electron chi connectivity index (χ1n) is 5.58. The summed E-state index contributed by atoms with van der Waals surface area (Å²) in [6.07, 6.45) is 0.706. The van der Waals surface area contributed by atoms with Gasteiger partial charge in [0.2, 0.25) is 0 Å². The fraction of sp³-hybridized carbons (Fsp3) is 0.308. The van der Waals surface area contributed by atoms with Crippen LogP contribution in [0, 0.1) is 12.7 Å². The first kappa shape index (κ1) is 10.5. The van der Waals surface area contributed by atoms with Gasteiger partial charge in [0.05, 0.1) is 18.7 Å². The highest BCUT2D eigenvalue weighted by Crippen LogP contribution is 2.20. The van der Waals surface area contributed by atoms with Gasteiger partial charge in [-0.1, -0.05) is 0 Å². The lowest BCUT2D eigenvalue weighted by Crippen LogP contribution is -2.22. The van der Waals surface area contributed by atoms with Crippen molar-refractivity contribution < 1.29 is 9.13 Å². The third-order valence-corrected chi connectivity index (χ3v) is 3.20. The van der Waals surface area contributed by atoms with Gasteiger partial charge in [-0.2, -0.15) is 0 Å². The zero-order chi connectivity index (χ0) is 12.0. The van der Waals surface area contributed by atoms with Gasteiger partial charge < -0.3 is 9.72 Å². The molecule has 0 atom stereocenters. The molecule has 0 saturated heterocycles. The minimum absolute atomic E-state index is 0.115. The molecule has 0 saturated carbocycles. The zero-order valence-corrected chi connectivity index (χ0v) is 9.47. The van der Waals surface area contributed by atoms with Crippen molar-refractivity contribution in [1.29, 1.82) is 0 Å². The number of aromatic amines is 1. The molecule has 1 aromatic heterocycles. The van der Waals surface area contributed by atoms with Gasteiger partial charge in [0.1, 0.15) is 5.82 Å². The first-order valence-corrected chi connectivity index (χ1v) is 5.58. The van der Waals surface area contributed by atoms with Crippen molar-refractivity contribution in [2.24, 2.45) is 0 Å². The largest absolute Gasteiger partial charge is 0.376 e. The number of hydrogen-bond acceptors (Lipinski definition) is 2. The molecule has 0 amide bonds. The van der Waals surface area contributed by atoms with Crippen molar-refractivity contribution >= 4 is 10.9 Å². The van der Waals surface area contributed by atoms with Crippen molar-refractivity contribution in [3.8, 4) is 0 Å². The Bertz CT molecular complexity index is 660. The Labute approximate surface area is 97.2 Å². The van der Waals surface area contributed by atoms with Crippen LogP contribution in [0.3, 0.4) is 0 Å². The Morgan fingerprint density at radius 3 is 3.06 bits per heavy atom. The normalized spacial score (nSPS) is 14.9. The predicted molar refractivity (Wildman–Crippen MR) is 62.6 cm³/mol. The molecular weight excluding hydrogens is 221 g/mol. The van der Waals surface area contributed by atoms with Crippen LogP contribution in [0.25, 0.3) is 10.9 Å². The lowest BCUT2D eigenvalue weighted by molar-refractivity contribution is 0.108. The number of aryl methyl sites for hydroxylation is 1. The maximum Gasteiger partial charge on any atom is 0.195 e. The zero-order valence-electron chi connectivity index (χ0n) is 9.47. The summed E-state index contributed by atoms with van der Waals surface area (Å²) in [6, 6.07) is 2.72. The van der Waals surface area contributed by atoms with E-state index in [1.807, 2.05) is 0 Å². The van der Waals surface area contributed by atoms with Crippen molar-refractivity contribution in [3.05, 3.63) is 45.0 Å². The van der Waals surface area contributed by atoms with E-state index in [0.717, 1.165) is 16.8 Å². The molecule has 1 aliphatic rings. The number of hydrogen-bond donors (Lipinski definition) is 1. The molecular formula is C13H12FNO2. The molecule has 2 aromatic rings. The third-order valence-electron chi connectivity index (χ3n) is 3.20. The number of ether oxygens (including phenoxy) is 1. The van der Waals surface area contributed by atoms with Crippen LogP contribution in [0.1, 0.15) is 16.8 Å². The predicted octanol–water partition coefficient (Wildman–Crippen LogP) is 2.05. The molecule has 3 rings (SSSR count). The summed E-state index contributed by atoms with van der Waals surface area (Å²) < 4.78 is 18.6. The van der Waals surface area contributed by atoms with E-state index in [1.165, 1.54) is 12.1 Å². The second kappa shape index (κ2) is 3.67.